The Labute approximate surface area is 161 Å². The van der Waals surface area contributed by atoms with Crippen LogP contribution in [0.3, 0.4) is 0 Å². The van der Waals surface area contributed by atoms with Gasteiger partial charge in [0.1, 0.15) is 6.33 Å². The maximum atomic E-state index is 12.6. The molecule has 0 saturated carbocycles. The standard InChI is InChI=1S/C17H16Cl2N4O2S/c1-11-3-4-12(2)16(7-11)26(24,25)22-17-20-10-23(21-17)9-13-5-6-14(18)8-15(13)19/h3-8,10H,9H2,1-2H3,(H,21,22). The fraction of sp³-hybridized carbons (Fsp3) is 0.176. The van der Waals surface area contributed by atoms with Crippen molar-refractivity contribution >= 4 is 39.2 Å². The molecule has 0 fully saturated rings. The van der Waals surface area contributed by atoms with Gasteiger partial charge in [-0.1, -0.05) is 41.4 Å². The maximum absolute atomic E-state index is 12.6. The fourth-order valence-corrected chi connectivity index (χ4v) is 4.16. The molecule has 0 aliphatic carbocycles. The summed E-state index contributed by atoms with van der Waals surface area (Å²) in [5.74, 6) is -0.00371. The molecule has 0 radical (unpaired) electrons. The number of benzene rings is 2. The Morgan fingerprint density at radius 3 is 2.62 bits per heavy atom. The quantitative estimate of drug-likeness (QED) is 0.687. The Morgan fingerprint density at radius 1 is 1.12 bits per heavy atom. The highest BCUT2D eigenvalue weighted by Gasteiger charge is 2.19. The average molecular weight is 411 g/mol. The summed E-state index contributed by atoms with van der Waals surface area (Å²) in [4.78, 5) is 4.22. The van der Waals surface area contributed by atoms with Crippen molar-refractivity contribution in [3.63, 3.8) is 0 Å². The summed E-state index contributed by atoms with van der Waals surface area (Å²) in [6.07, 6.45) is 1.44. The highest BCUT2D eigenvalue weighted by molar-refractivity contribution is 7.92. The lowest BCUT2D eigenvalue weighted by atomic mass is 10.2. The predicted octanol–water partition coefficient (Wildman–Crippen LogP) is 4.05. The highest BCUT2D eigenvalue weighted by atomic mass is 35.5. The van der Waals surface area contributed by atoms with Gasteiger partial charge in [0.15, 0.2) is 0 Å². The van der Waals surface area contributed by atoms with Crippen molar-refractivity contribution in [3.8, 4) is 0 Å². The highest BCUT2D eigenvalue weighted by Crippen LogP contribution is 2.22. The van der Waals surface area contributed by atoms with Gasteiger partial charge in [0, 0.05) is 10.0 Å². The molecule has 136 valence electrons. The molecule has 1 heterocycles. The lowest BCUT2D eigenvalue weighted by Gasteiger charge is -2.08. The first-order valence-electron chi connectivity index (χ1n) is 7.68. The minimum Gasteiger partial charge on any atom is -0.246 e. The van der Waals surface area contributed by atoms with E-state index in [2.05, 4.69) is 14.8 Å². The minimum absolute atomic E-state index is 0.00371. The van der Waals surface area contributed by atoms with Crippen LogP contribution < -0.4 is 4.72 Å². The number of aromatic nitrogens is 3. The third kappa shape index (κ3) is 4.17. The van der Waals surface area contributed by atoms with Crippen LogP contribution in [0.2, 0.25) is 10.0 Å². The zero-order valence-corrected chi connectivity index (χ0v) is 16.4. The summed E-state index contributed by atoms with van der Waals surface area (Å²) in [7, 11) is -3.77. The van der Waals surface area contributed by atoms with Gasteiger partial charge < -0.3 is 0 Å². The van der Waals surface area contributed by atoms with E-state index in [9.17, 15) is 8.42 Å². The SMILES string of the molecule is Cc1ccc(C)c(S(=O)(=O)Nc2ncn(Cc3ccc(Cl)cc3Cl)n2)c1. The zero-order chi connectivity index (χ0) is 18.9. The molecule has 0 spiro atoms. The molecule has 2 aromatic carbocycles. The summed E-state index contributed by atoms with van der Waals surface area (Å²) in [6.45, 7) is 3.91. The number of nitrogens with zero attached hydrogens (tertiary/aromatic N) is 3. The van der Waals surface area contributed by atoms with Gasteiger partial charge in [-0.3, -0.25) is 0 Å². The molecule has 0 saturated heterocycles. The summed E-state index contributed by atoms with van der Waals surface area (Å²) >= 11 is 12.0. The summed E-state index contributed by atoms with van der Waals surface area (Å²) in [5.41, 5.74) is 2.30. The van der Waals surface area contributed by atoms with Crippen molar-refractivity contribution < 1.29 is 8.42 Å². The third-order valence-corrected chi connectivity index (χ3v) is 5.80. The lowest BCUT2D eigenvalue weighted by molar-refractivity contribution is 0.600. The molecule has 0 aliphatic heterocycles. The summed E-state index contributed by atoms with van der Waals surface area (Å²) < 4.78 is 29.1. The van der Waals surface area contributed by atoms with Gasteiger partial charge >= 0.3 is 0 Å². The van der Waals surface area contributed by atoms with Gasteiger partial charge in [-0.15, -0.1) is 5.10 Å². The largest absolute Gasteiger partial charge is 0.264 e. The molecular weight excluding hydrogens is 395 g/mol. The molecule has 0 unspecified atom stereocenters. The van der Waals surface area contributed by atoms with Crippen LogP contribution in [-0.4, -0.2) is 23.2 Å². The maximum Gasteiger partial charge on any atom is 0.264 e. The molecule has 0 amide bonds. The topological polar surface area (TPSA) is 76.9 Å². The summed E-state index contributed by atoms with van der Waals surface area (Å²) in [5, 5.41) is 5.20. The molecule has 1 aromatic heterocycles. The van der Waals surface area contributed by atoms with Crippen LogP contribution in [0.1, 0.15) is 16.7 Å². The third-order valence-electron chi connectivity index (χ3n) is 3.74. The van der Waals surface area contributed by atoms with Crippen LogP contribution in [-0.2, 0) is 16.6 Å². The lowest BCUT2D eigenvalue weighted by Crippen LogP contribution is -2.15. The molecular formula is C17H16Cl2N4O2S. The Balaban J connectivity index is 1.80. The number of rotatable bonds is 5. The van der Waals surface area contributed by atoms with Crippen molar-refractivity contribution in [3.05, 3.63) is 69.5 Å². The Morgan fingerprint density at radius 2 is 1.88 bits per heavy atom. The first-order valence-corrected chi connectivity index (χ1v) is 9.92. The monoisotopic (exact) mass is 410 g/mol. The van der Waals surface area contributed by atoms with E-state index >= 15 is 0 Å². The second-order valence-corrected chi connectivity index (χ2v) is 8.37. The van der Waals surface area contributed by atoms with Crippen molar-refractivity contribution in [2.24, 2.45) is 0 Å². The van der Waals surface area contributed by atoms with Crippen LogP contribution in [0.25, 0.3) is 0 Å². The smallest absolute Gasteiger partial charge is 0.246 e. The van der Waals surface area contributed by atoms with Gasteiger partial charge in [-0.25, -0.2) is 17.8 Å². The number of sulfonamides is 1. The van der Waals surface area contributed by atoms with Crippen molar-refractivity contribution in [1.29, 1.82) is 0 Å². The van der Waals surface area contributed by atoms with Gasteiger partial charge in [0.05, 0.1) is 11.4 Å². The van der Waals surface area contributed by atoms with Gasteiger partial charge in [-0.05, 0) is 48.7 Å². The van der Waals surface area contributed by atoms with Gasteiger partial charge in [-0.2, -0.15) is 4.98 Å². The number of anilines is 1. The summed E-state index contributed by atoms with van der Waals surface area (Å²) in [6, 6.07) is 10.4. The van der Waals surface area contributed by atoms with Crippen LogP contribution in [0.5, 0.6) is 0 Å². The second kappa shape index (κ2) is 7.26. The first kappa shape index (κ1) is 18.7. The van der Waals surface area contributed by atoms with E-state index < -0.39 is 10.0 Å². The van der Waals surface area contributed by atoms with Crippen LogP contribution in [0.15, 0.2) is 47.6 Å². The van der Waals surface area contributed by atoms with E-state index in [1.165, 1.54) is 11.0 Å². The molecule has 0 bridgehead atoms. The van der Waals surface area contributed by atoms with E-state index in [1.807, 2.05) is 13.0 Å². The fourth-order valence-electron chi connectivity index (χ4n) is 2.41. The first-order chi connectivity index (χ1) is 12.2. The van der Waals surface area contributed by atoms with Crippen LogP contribution in [0.4, 0.5) is 5.95 Å². The molecule has 9 heteroatoms. The zero-order valence-electron chi connectivity index (χ0n) is 14.1. The molecule has 0 aliphatic rings. The average Bonchev–Trinajstić information content (AvgIpc) is 2.98. The number of aryl methyl sites for hydroxylation is 2. The molecule has 3 aromatic rings. The Kier molecular flexibility index (Phi) is 5.22. The van der Waals surface area contributed by atoms with E-state index in [-0.39, 0.29) is 10.8 Å². The molecule has 26 heavy (non-hydrogen) atoms. The van der Waals surface area contributed by atoms with Crippen molar-refractivity contribution in [2.75, 3.05) is 4.72 Å². The normalized spacial score (nSPS) is 11.5. The number of hydrogen-bond acceptors (Lipinski definition) is 4. The van der Waals surface area contributed by atoms with Crippen molar-refractivity contribution in [2.45, 2.75) is 25.3 Å². The van der Waals surface area contributed by atoms with Gasteiger partial charge in [0.2, 0.25) is 0 Å². The van der Waals surface area contributed by atoms with Gasteiger partial charge in [0.25, 0.3) is 16.0 Å². The molecule has 6 nitrogen and oxygen atoms in total. The van der Waals surface area contributed by atoms with Crippen LogP contribution in [0, 0.1) is 13.8 Å². The van der Waals surface area contributed by atoms with Crippen LogP contribution >= 0.6 is 23.2 Å². The van der Waals surface area contributed by atoms with E-state index in [0.717, 1.165) is 11.1 Å². The minimum atomic E-state index is -3.77. The van der Waals surface area contributed by atoms with E-state index in [1.54, 1.807) is 37.3 Å². The number of hydrogen-bond donors (Lipinski definition) is 1. The number of halogens is 2. The molecule has 1 N–H and O–H groups in total. The Hall–Kier alpha value is -2.09. The second-order valence-electron chi connectivity index (χ2n) is 5.88. The van der Waals surface area contributed by atoms with E-state index in [4.69, 9.17) is 23.2 Å². The molecule has 0 atom stereocenters. The van der Waals surface area contributed by atoms with E-state index in [0.29, 0.717) is 22.2 Å². The predicted molar refractivity (Wildman–Crippen MR) is 102 cm³/mol. The number of nitrogens with one attached hydrogen (secondary N) is 1. The molecule has 3 rings (SSSR count). The van der Waals surface area contributed by atoms with Crippen molar-refractivity contribution in [1.82, 2.24) is 14.8 Å². The Bertz CT molecular complexity index is 1060.